The van der Waals surface area contributed by atoms with Crippen LogP contribution in [0.5, 0.6) is 0 Å². The van der Waals surface area contributed by atoms with Crippen LogP contribution in [0.15, 0.2) is 479 Å². The lowest BCUT2D eigenvalue weighted by Crippen LogP contribution is -1.99. The van der Waals surface area contributed by atoms with E-state index in [0.717, 1.165) is 54.4 Å². The maximum absolute atomic E-state index is 10.7. The predicted octanol–water partition coefficient (Wildman–Crippen LogP) is 33.5. The Balaban J connectivity index is 0.000000114. The maximum Gasteiger partial charge on any atom is 0.104 e. The summed E-state index contributed by atoms with van der Waals surface area (Å²) in [5.74, 6) is 0.969. The average molecular weight is 1780 g/mol. The number of aliphatic hydroxyl groups is 6. The Kier molecular flexibility index (Phi) is 31.1. The van der Waals surface area contributed by atoms with Crippen molar-refractivity contribution >= 4 is 172 Å². The number of rotatable bonds is 7. The zero-order chi connectivity index (χ0) is 95.3. The van der Waals surface area contributed by atoms with Gasteiger partial charge in [0.2, 0.25) is 0 Å². The van der Waals surface area contributed by atoms with Gasteiger partial charge in [0.15, 0.2) is 0 Å². The van der Waals surface area contributed by atoms with Crippen LogP contribution in [0.3, 0.4) is 0 Å². The number of hydrogen-bond acceptors (Lipinski definition) is 6. The first-order valence-electron chi connectivity index (χ1n) is 46.9. The summed E-state index contributed by atoms with van der Waals surface area (Å²) in [7, 11) is 3.00. The summed E-state index contributed by atoms with van der Waals surface area (Å²) >= 11 is 0. The third-order valence-corrected chi connectivity index (χ3v) is 25.8. The van der Waals surface area contributed by atoms with Crippen LogP contribution in [0, 0.1) is 0 Å². The Morgan fingerprint density at radius 1 is 0.131 bits per heavy atom. The van der Waals surface area contributed by atoms with Gasteiger partial charge in [0.25, 0.3) is 0 Å². The normalized spacial score (nSPS) is 11.4. The van der Waals surface area contributed by atoms with Crippen LogP contribution >= 0.6 is 0 Å². The predicted molar refractivity (Wildman–Crippen MR) is 589 cm³/mol. The zero-order valence-corrected chi connectivity index (χ0v) is 78.7. The molecule has 26 rings (SSSR count). The van der Waals surface area contributed by atoms with Crippen molar-refractivity contribution < 1.29 is 30.6 Å². The van der Waals surface area contributed by atoms with Crippen molar-refractivity contribution in [3.05, 3.63) is 518 Å². The highest BCUT2D eigenvalue weighted by Crippen LogP contribution is 2.41. The lowest BCUT2D eigenvalue weighted by Gasteiger charge is -2.14. The van der Waals surface area contributed by atoms with E-state index in [1.165, 1.54) is 178 Å². The summed E-state index contributed by atoms with van der Waals surface area (Å²) in [5, 5.41) is 92.6. The Labute approximate surface area is 801 Å². The molecule has 0 aliphatic rings. The van der Waals surface area contributed by atoms with Gasteiger partial charge in [0, 0.05) is 27.2 Å². The highest BCUT2D eigenvalue weighted by Gasteiger charge is 2.17. The van der Waals surface area contributed by atoms with E-state index in [1.54, 1.807) is 0 Å². The molecular formula is C131H114O6. The molecule has 6 nitrogen and oxygen atoms in total. The minimum absolute atomic E-state index is 0.397. The highest BCUT2D eigenvalue weighted by atomic mass is 16.3. The first-order chi connectivity index (χ1) is 67.2. The van der Waals surface area contributed by atoms with Gasteiger partial charge >= 0.3 is 0 Å². The standard InChI is InChI=1S/C22H18.C21H16O.C19H16.2C18H14O.3C10H8.3CH4O/c1-16(19-12-10-17-6-2-4-8-21(17)14-19)20-13-11-18-7-3-5-9-22(18)15-20;22-21(19-11-9-15-5-1-3-7-17(15)13-19)20-12-10-16-6-2-4-8-18(16)14-20;1-12(2)17-10-15-8-6-13-4-3-5-14-7-9-16(11-17)19(15)18(13)14;2*1-11(19)16-9-14-7-5-12-3-2-4-13-6-8-15(10-16)18(14)17(12)13;3*1-2-6-10-8-4-3-7-9(10)5-1;3*1-2/h2-16H,1H3;1-14,21-22H;3-12H,1-2H3;2*2-11,19H,1H3;3*1-8H;3*2H,1H3. The summed E-state index contributed by atoms with van der Waals surface area (Å²) in [6.45, 7) is 10.4. The van der Waals surface area contributed by atoms with Crippen molar-refractivity contribution in [2.24, 2.45) is 0 Å². The molecule has 0 bridgehead atoms. The number of fused-ring (bicyclic) bond motifs is 7. The molecule has 0 saturated heterocycles. The van der Waals surface area contributed by atoms with E-state index in [9.17, 15) is 15.3 Å². The van der Waals surface area contributed by atoms with Crippen LogP contribution in [0.1, 0.15) is 104 Å². The molecule has 0 amide bonds. The number of hydrogen-bond donors (Lipinski definition) is 6. The topological polar surface area (TPSA) is 121 Å². The minimum Gasteiger partial charge on any atom is -0.400 e. The SMILES string of the molecule is CC(C)c1cc2ccc3cccc4ccc(c1)c2c34.CC(O)c1cc2ccc3cccc4ccc(c1)c2c34.CC(O)c1cc2ccc3cccc4ccc(c1)c2c34.CC(c1ccc2ccccc2c1)c1ccc2ccccc2c1.CO.CO.CO.OC(c1ccc2ccccc2c1)c1ccc2ccccc2c1.c1ccc2ccccc2c1.c1ccc2ccccc2c1.c1ccc2ccccc2c1. The average Bonchev–Trinajstić information content (AvgIpc) is 0.749. The second kappa shape index (κ2) is 45.0. The van der Waals surface area contributed by atoms with Crippen LogP contribution in [0.4, 0.5) is 0 Å². The monoisotopic (exact) mass is 1780 g/mol. The van der Waals surface area contributed by atoms with Gasteiger partial charge in [-0.3, -0.25) is 0 Å². The van der Waals surface area contributed by atoms with E-state index >= 15 is 0 Å². The Hall–Kier alpha value is -15.6. The van der Waals surface area contributed by atoms with Crippen LogP contribution in [0.25, 0.3) is 172 Å². The Morgan fingerprint density at radius 3 is 0.467 bits per heavy atom. The Bertz CT molecular complexity index is 7250. The van der Waals surface area contributed by atoms with Crippen molar-refractivity contribution in [1.82, 2.24) is 0 Å². The fourth-order valence-corrected chi connectivity index (χ4v) is 18.6. The largest absolute Gasteiger partial charge is 0.400 e. The molecule has 0 aliphatic carbocycles. The van der Waals surface area contributed by atoms with Gasteiger partial charge in [-0.05, 0) is 267 Å². The summed E-state index contributed by atoms with van der Waals surface area (Å²) < 4.78 is 0. The van der Waals surface area contributed by atoms with Crippen molar-refractivity contribution in [3.8, 4) is 0 Å². The molecule has 0 saturated carbocycles. The summed E-state index contributed by atoms with van der Waals surface area (Å²) in [6, 6.07) is 168. The molecule has 26 aromatic rings. The molecule has 0 aromatic heterocycles. The third-order valence-electron chi connectivity index (χ3n) is 25.8. The molecule has 0 radical (unpaired) electrons. The van der Waals surface area contributed by atoms with Gasteiger partial charge in [-0.25, -0.2) is 0 Å². The quantitative estimate of drug-likeness (QED) is 0.0885. The fraction of sp³-hybridized carbons (Fsp3) is 0.0992. The number of benzene rings is 26. The van der Waals surface area contributed by atoms with Gasteiger partial charge in [0.1, 0.15) is 6.10 Å². The summed E-state index contributed by atoms with van der Waals surface area (Å²) in [6.07, 6.45) is -1.46. The van der Waals surface area contributed by atoms with E-state index in [2.05, 4.69) is 464 Å². The lowest BCUT2D eigenvalue weighted by atomic mass is 9.90. The molecule has 6 heteroatoms. The molecule has 137 heavy (non-hydrogen) atoms. The van der Waals surface area contributed by atoms with Crippen LogP contribution in [0.2, 0.25) is 0 Å². The van der Waals surface area contributed by atoms with E-state index in [1.807, 2.05) is 50.2 Å². The molecule has 2 unspecified atom stereocenters. The van der Waals surface area contributed by atoms with Gasteiger partial charge in [0.05, 0.1) is 12.2 Å². The zero-order valence-electron chi connectivity index (χ0n) is 78.7. The molecule has 2 atom stereocenters. The smallest absolute Gasteiger partial charge is 0.104 e. The van der Waals surface area contributed by atoms with E-state index in [4.69, 9.17) is 15.3 Å². The molecular weight excluding hydrogens is 1670 g/mol. The summed E-state index contributed by atoms with van der Waals surface area (Å²) in [5.41, 5.74) is 7.97. The summed E-state index contributed by atoms with van der Waals surface area (Å²) in [4.78, 5) is 0. The van der Waals surface area contributed by atoms with E-state index < -0.39 is 18.3 Å². The molecule has 0 heterocycles. The number of aliphatic hydroxyl groups excluding tert-OH is 6. The van der Waals surface area contributed by atoms with Crippen LogP contribution in [-0.2, 0) is 0 Å². The first kappa shape index (κ1) is 94.6. The van der Waals surface area contributed by atoms with Gasteiger partial charge in [-0.2, -0.15) is 0 Å². The molecule has 26 aromatic carbocycles. The highest BCUT2D eigenvalue weighted by molar-refractivity contribution is 6.25. The van der Waals surface area contributed by atoms with Crippen molar-refractivity contribution in [1.29, 1.82) is 0 Å². The van der Waals surface area contributed by atoms with Crippen molar-refractivity contribution in [2.45, 2.75) is 64.8 Å². The molecule has 674 valence electrons. The van der Waals surface area contributed by atoms with Gasteiger partial charge in [-0.15, -0.1) is 0 Å². The lowest BCUT2D eigenvalue weighted by molar-refractivity contribution is 0.199. The molecule has 0 fully saturated rings. The van der Waals surface area contributed by atoms with Crippen LogP contribution < -0.4 is 0 Å². The third kappa shape index (κ3) is 21.8. The fourth-order valence-electron chi connectivity index (χ4n) is 18.6. The second-order valence-electron chi connectivity index (χ2n) is 34.8. The van der Waals surface area contributed by atoms with Crippen molar-refractivity contribution in [2.75, 3.05) is 21.3 Å². The maximum atomic E-state index is 10.7. The second-order valence-corrected chi connectivity index (χ2v) is 34.8. The minimum atomic E-state index is -0.603. The van der Waals surface area contributed by atoms with Crippen LogP contribution in [-0.4, -0.2) is 52.0 Å². The van der Waals surface area contributed by atoms with E-state index in [0.29, 0.717) is 11.8 Å². The molecule has 0 spiro atoms. The molecule has 6 N–H and O–H groups in total. The first-order valence-corrected chi connectivity index (χ1v) is 46.9. The van der Waals surface area contributed by atoms with Crippen molar-refractivity contribution in [3.63, 3.8) is 0 Å². The van der Waals surface area contributed by atoms with Gasteiger partial charge in [-0.1, -0.05) is 464 Å². The Morgan fingerprint density at radius 2 is 0.270 bits per heavy atom. The van der Waals surface area contributed by atoms with E-state index in [-0.39, 0.29) is 0 Å². The molecule has 0 aliphatic heterocycles. The van der Waals surface area contributed by atoms with Gasteiger partial charge < -0.3 is 30.6 Å².